The minimum atomic E-state index is -0.743. The van der Waals surface area contributed by atoms with E-state index in [9.17, 15) is 20.1 Å². The van der Waals surface area contributed by atoms with Crippen molar-refractivity contribution in [1.82, 2.24) is 0 Å². The Kier molecular flexibility index (Phi) is 9.57. The number of carbonyl (C=O) groups is 1. The highest BCUT2D eigenvalue weighted by Gasteiger charge is 2.43. The minimum absolute atomic E-state index is 0.0216. The second-order valence-electron chi connectivity index (χ2n) is 9.34. The summed E-state index contributed by atoms with van der Waals surface area (Å²) in [6.07, 6.45) is 8.18. The first-order chi connectivity index (χ1) is 15.5. The van der Waals surface area contributed by atoms with Gasteiger partial charge >= 0.3 is 5.97 Å². The number of ether oxygens (including phenoxy) is 2. The van der Waals surface area contributed by atoms with Crippen molar-refractivity contribution in [3.8, 4) is 5.75 Å². The van der Waals surface area contributed by atoms with Crippen LogP contribution in [0.15, 0.2) is 42.5 Å². The lowest BCUT2D eigenvalue weighted by atomic mass is 9.85. The number of carboxylic acid groups (broad SMARTS) is 1. The Bertz CT molecular complexity index is 720. The van der Waals surface area contributed by atoms with Gasteiger partial charge in [-0.15, -0.1) is 0 Å². The quantitative estimate of drug-likeness (QED) is 0.444. The van der Waals surface area contributed by atoms with Crippen molar-refractivity contribution in [3.05, 3.63) is 42.5 Å². The molecule has 1 aliphatic heterocycles. The van der Waals surface area contributed by atoms with Gasteiger partial charge in [0.05, 0.1) is 18.1 Å². The Balaban J connectivity index is 1.49. The number of para-hydroxylation sites is 1. The maximum absolute atomic E-state index is 11.4. The van der Waals surface area contributed by atoms with E-state index in [-0.39, 0.29) is 30.5 Å². The standard InChI is InChI=1S/C26H38O6/c1-2-6-19(26(29)30)11-9-18-10-13-23-22(24(28)15-25(23)32-16-18)14-12-20(27)17-31-21-7-4-3-5-8-21/h3-5,7-8,12,14,18-20,22-25,27-28H,2,6,9-11,13,15-17H2,1H3,(H,29,30)/b14-12+/t18-,19?,20-,22-,23-,24-,25+/m1/s1. The van der Waals surface area contributed by atoms with Crippen LogP contribution < -0.4 is 4.74 Å². The zero-order valence-corrected chi connectivity index (χ0v) is 19.0. The summed E-state index contributed by atoms with van der Waals surface area (Å²) in [6, 6.07) is 9.38. The van der Waals surface area contributed by atoms with Crippen molar-refractivity contribution in [2.75, 3.05) is 13.2 Å². The number of aliphatic hydroxyl groups excluding tert-OH is 2. The highest BCUT2D eigenvalue weighted by molar-refractivity contribution is 5.69. The Labute approximate surface area is 191 Å². The topological polar surface area (TPSA) is 96.2 Å². The molecule has 1 saturated heterocycles. The van der Waals surface area contributed by atoms with Gasteiger partial charge in [0, 0.05) is 18.9 Å². The van der Waals surface area contributed by atoms with Crippen LogP contribution in [-0.2, 0) is 9.53 Å². The highest BCUT2D eigenvalue weighted by atomic mass is 16.5. The predicted molar refractivity (Wildman–Crippen MR) is 122 cm³/mol. The van der Waals surface area contributed by atoms with Crippen LogP contribution >= 0.6 is 0 Å². The van der Waals surface area contributed by atoms with Crippen LogP contribution in [0.5, 0.6) is 5.75 Å². The molecule has 1 aliphatic carbocycles. The molecule has 1 aromatic carbocycles. The molecule has 0 aromatic heterocycles. The summed E-state index contributed by atoms with van der Waals surface area (Å²) in [7, 11) is 0. The average molecular weight is 447 g/mol. The maximum Gasteiger partial charge on any atom is 0.306 e. The lowest BCUT2D eigenvalue weighted by Gasteiger charge is -2.21. The zero-order chi connectivity index (χ0) is 22.9. The van der Waals surface area contributed by atoms with Gasteiger partial charge in [0.1, 0.15) is 18.5 Å². The van der Waals surface area contributed by atoms with Gasteiger partial charge in [-0.25, -0.2) is 0 Å². The van der Waals surface area contributed by atoms with E-state index in [0.717, 1.165) is 32.1 Å². The van der Waals surface area contributed by atoms with Crippen LogP contribution in [0.25, 0.3) is 0 Å². The molecule has 6 nitrogen and oxygen atoms in total. The Morgan fingerprint density at radius 2 is 2.03 bits per heavy atom. The fraction of sp³-hybridized carbons (Fsp3) is 0.654. The molecule has 1 saturated carbocycles. The molecule has 1 aromatic rings. The van der Waals surface area contributed by atoms with Crippen LogP contribution in [-0.4, -0.2) is 52.8 Å². The normalized spacial score (nSPS) is 29.9. The van der Waals surface area contributed by atoms with Gasteiger partial charge in [-0.2, -0.15) is 0 Å². The Morgan fingerprint density at radius 1 is 1.25 bits per heavy atom. The fourth-order valence-corrected chi connectivity index (χ4v) is 5.13. The summed E-state index contributed by atoms with van der Waals surface area (Å²) in [5.41, 5.74) is 0. The van der Waals surface area contributed by atoms with Crippen molar-refractivity contribution in [1.29, 1.82) is 0 Å². The molecule has 2 fully saturated rings. The van der Waals surface area contributed by atoms with Gasteiger partial charge in [0.15, 0.2) is 0 Å². The number of hydrogen-bond acceptors (Lipinski definition) is 5. The summed E-state index contributed by atoms with van der Waals surface area (Å²) in [5.74, 6) is 0.303. The third-order valence-electron chi connectivity index (χ3n) is 6.97. The molecule has 2 aliphatic rings. The third-order valence-corrected chi connectivity index (χ3v) is 6.97. The number of aliphatic hydroxyl groups is 2. The van der Waals surface area contributed by atoms with E-state index in [2.05, 4.69) is 0 Å². The molecule has 1 unspecified atom stereocenters. The first-order valence-electron chi connectivity index (χ1n) is 12.0. The molecular weight excluding hydrogens is 408 g/mol. The first kappa shape index (κ1) is 24.7. The summed E-state index contributed by atoms with van der Waals surface area (Å²) in [4.78, 5) is 11.4. The first-order valence-corrected chi connectivity index (χ1v) is 12.0. The van der Waals surface area contributed by atoms with Gasteiger partial charge in [-0.05, 0) is 56.1 Å². The van der Waals surface area contributed by atoms with Gasteiger partial charge in [-0.1, -0.05) is 43.7 Å². The summed E-state index contributed by atoms with van der Waals surface area (Å²) >= 11 is 0. The van der Waals surface area contributed by atoms with E-state index < -0.39 is 18.2 Å². The van der Waals surface area contributed by atoms with E-state index in [4.69, 9.17) is 9.47 Å². The SMILES string of the molecule is CCCC(CC[C@@H]1CC[C@@H]2[C@@H](/C=C/[C@@H](O)COc3ccccc3)[C@H](O)C[C@@H]2OC1)C(=O)O. The number of carboxylic acids is 1. The molecule has 0 amide bonds. The molecule has 32 heavy (non-hydrogen) atoms. The highest BCUT2D eigenvalue weighted by Crippen LogP contribution is 2.42. The second kappa shape index (κ2) is 12.4. The molecular formula is C26H38O6. The molecule has 0 radical (unpaired) electrons. The van der Waals surface area contributed by atoms with Crippen LogP contribution in [0.2, 0.25) is 0 Å². The molecule has 3 N–H and O–H groups in total. The van der Waals surface area contributed by atoms with E-state index in [0.29, 0.717) is 31.1 Å². The molecule has 0 bridgehead atoms. The van der Waals surface area contributed by atoms with Crippen LogP contribution in [0.1, 0.15) is 51.9 Å². The molecule has 0 spiro atoms. The number of rotatable bonds is 11. The lowest BCUT2D eigenvalue weighted by molar-refractivity contribution is -0.142. The number of aliphatic carboxylic acids is 1. The van der Waals surface area contributed by atoms with E-state index in [1.807, 2.05) is 43.3 Å². The van der Waals surface area contributed by atoms with E-state index in [1.54, 1.807) is 6.08 Å². The second-order valence-corrected chi connectivity index (χ2v) is 9.34. The Hall–Kier alpha value is -1.89. The summed E-state index contributed by atoms with van der Waals surface area (Å²) in [6.45, 7) is 2.82. The average Bonchev–Trinajstić information content (AvgIpc) is 2.95. The van der Waals surface area contributed by atoms with Gasteiger partial charge in [0.25, 0.3) is 0 Å². The summed E-state index contributed by atoms with van der Waals surface area (Å²) < 4.78 is 11.8. The molecule has 7 atom stereocenters. The molecule has 178 valence electrons. The van der Waals surface area contributed by atoms with Gasteiger partial charge < -0.3 is 24.8 Å². The largest absolute Gasteiger partial charge is 0.491 e. The van der Waals surface area contributed by atoms with Crippen LogP contribution in [0.4, 0.5) is 0 Å². The smallest absolute Gasteiger partial charge is 0.306 e. The van der Waals surface area contributed by atoms with Crippen molar-refractivity contribution in [2.45, 2.75) is 70.2 Å². The van der Waals surface area contributed by atoms with Gasteiger partial charge in [-0.3, -0.25) is 4.79 Å². The van der Waals surface area contributed by atoms with E-state index >= 15 is 0 Å². The van der Waals surface area contributed by atoms with Crippen molar-refractivity contribution in [3.63, 3.8) is 0 Å². The fourth-order valence-electron chi connectivity index (χ4n) is 5.13. The third kappa shape index (κ3) is 7.06. The zero-order valence-electron chi connectivity index (χ0n) is 19.0. The minimum Gasteiger partial charge on any atom is -0.491 e. The van der Waals surface area contributed by atoms with Gasteiger partial charge in [0.2, 0.25) is 0 Å². The maximum atomic E-state index is 11.4. The van der Waals surface area contributed by atoms with Crippen molar-refractivity contribution < 1.29 is 29.6 Å². The van der Waals surface area contributed by atoms with Crippen molar-refractivity contribution in [2.24, 2.45) is 23.7 Å². The van der Waals surface area contributed by atoms with Crippen molar-refractivity contribution >= 4 is 5.97 Å². The lowest BCUT2D eigenvalue weighted by Crippen LogP contribution is -2.22. The monoisotopic (exact) mass is 446 g/mol. The molecule has 3 rings (SSSR count). The number of benzene rings is 1. The number of hydrogen-bond donors (Lipinski definition) is 3. The van der Waals surface area contributed by atoms with Crippen LogP contribution in [0.3, 0.4) is 0 Å². The molecule has 6 heteroatoms. The van der Waals surface area contributed by atoms with E-state index in [1.165, 1.54) is 0 Å². The molecule has 1 heterocycles. The van der Waals surface area contributed by atoms with Crippen LogP contribution in [0, 0.1) is 23.7 Å². The number of fused-ring (bicyclic) bond motifs is 1. The Morgan fingerprint density at radius 3 is 2.75 bits per heavy atom. The summed E-state index contributed by atoms with van der Waals surface area (Å²) in [5, 5.41) is 30.3. The predicted octanol–water partition coefficient (Wildman–Crippen LogP) is 4.06.